The van der Waals surface area contributed by atoms with Crippen LogP contribution >= 0.6 is 0 Å². The summed E-state index contributed by atoms with van der Waals surface area (Å²) in [5, 5.41) is 4.50. The van der Waals surface area contributed by atoms with Crippen molar-refractivity contribution < 1.29 is 13.9 Å². The van der Waals surface area contributed by atoms with Crippen molar-refractivity contribution in [2.75, 3.05) is 19.6 Å². The van der Waals surface area contributed by atoms with Crippen LogP contribution in [0.2, 0.25) is 0 Å². The summed E-state index contributed by atoms with van der Waals surface area (Å²) in [5.41, 5.74) is 2.06. The predicted molar refractivity (Wildman–Crippen MR) is 119 cm³/mol. The number of ether oxygens (including phenoxy) is 1. The Morgan fingerprint density at radius 2 is 1.97 bits per heavy atom. The summed E-state index contributed by atoms with van der Waals surface area (Å²) in [6, 6.07) is 18.7. The second kappa shape index (κ2) is 8.35. The van der Waals surface area contributed by atoms with Gasteiger partial charge in [-0.05, 0) is 41.1 Å². The number of benzene rings is 2. The van der Waals surface area contributed by atoms with Crippen LogP contribution < -0.4 is 5.32 Å². The average molecular weight is 422 g/mol. The zero-order valence-electron chi connectivity index (χ0n) is 17.5. The lowest BCUT2D eigenvalue weighted by molar-refractivity contribution is 0.0408. The van der Waals surface area contributed by atoms with Gasteiger partial charge in [0.2, 0.25) is 0 Å². The van der Waals surface area contributed by atoms with Crippen LogP contribution in [0.5, 0.6) is 0 Å². The molecule has 5 rings (SSSR count). The molecule has 0 spiro atoms. The number of carbonyl (C=O) groups is 1. The van der Waals surface area contributed by atoms with Crippen LogP contribution in [0.3, 0.4) is 0 Å². The molecule has 1 aliphatic heterocycles. The number of amides is 1. The number of aromatic nitrogens is 1. The number of likely N-dealkylation sites (tertiary alicyclic amines) is 1. The molecule has 5 nitrogen and oxygen atoms in total. The fourth-order valence-electron chi connectivity index (χ4n) is 4.50. The number of nitrogens with zero attached hydrogens (tertiary/aromatic N) is 1. The maximum Gasteiger partial charge on any atom is 0.410 e. The van der Waals surface area contributed by atoms with Crippen molar-refractivity contribution in [3.05, 3.63) is 71.9 Å². The van der Waals surface area contributed by atoms with Crippen molar-refractivity contribution in [3.8, 4) is 0 Å². The van der Waals surface area contributed by atoms with Crippen molar-refractivity contribution in [1.29, 1.82) is 0 Å². The fraction of sp³-hybridized carbons (Fsp3) is 0.400. The Bertz CT molecular complexity index is 1040. The lowest BCUT2D eigenvalue weighted by Crippen LogP contribution is -2.49. The highest BCUT2D eigenvalue weighted by Crippen LogP contribution is 2.41. The van der Waals surface area contributed by atoms with Gasteiger partial charge >= 0.3 is 6.09 Å². The molecule has 1 saturated heterocycles. The van der Waals surface area contributed by atoms with Crippen molar-refractivity contribution in [3.63, 3.8) is 0 Å². The second-order valence-electron chi connectivity index (χ2n) is 8.83. The topological polar surface area (TPSA) is 57.4 Å². The van der Waals surface area contributed by atoms with Crippen LogP contribution in [-0.4, -0.2) is 47.3 Å². The molecule has 2 unspecified atom stereocenters. The van der Waals surface area contributed by atoms with Crippen molar-refractivity contribution >= 4 is 17.0 Å². The van der Waals surface area contributed by atoms with Crippen LogP contribution in [0.15, 0.2) is 60.8 Å². The number of rotatable bonds is 6. The van der Waals surface area contributed by atoms with Gasteiger partial charge in [-0.2, -0.15) is 0 Å². The van der Waals surface area contributed by atoms with Gasteiger partial charge in [0.05, 0.1) is 0 Å². The number of hydrogen-bond donors (Lipinski definition) is 2. The van der Waals surface area contributed by atoms with Crippen molar-refractivity contribution in [2.24, 2.45) is 0 Å². The van der Waals surface area contributed by atoms with Gasteiger partial charge in [0.1, 0.15) is 12.3 Å². The molecule has 1 aliphatic carbocycles. The fourth-order valence-corrected chi connectivity index (χ4v) is 4.50. The first-order valence-corrected chi connectivity index (χ1v) is 11.0. The molecule has 31 heavy (non-hydrogen) atoms. The van der Waals surface area contributed by atoms with E-state index in [1.807, 2.05) is 36.5 Å². The lowest BCUT2D eigenvalue weighted by Gasteiger charge is -2.36. The number of nitrogens with one attached hydrogen (secondary N) is 2. The van der Waals surface area contributed by atoms with Crippen LogP contribution in [0, 0.1) is 0 Å². The molecule has 0 radical (unpaired) electrons. The molecular formula is C25H28FN3O2. The third-order valence-electron chi connectivity index (χ3n) is 6.60. The highest BCUT2D eigenvalue weighted by molar-refractivity contribution is 5.80. The van der Waals surface area contributed by atoms with E-state index in [0.717, 1.165) is 22.9 Å². The molecule has 1 aromatic heterocycles. The molecule has 1 amide bonds. The standard InChI is InChI=1S/C25H28FN3O2/c26-25(17-28-23-15-21(23)19-4-2-1-3-5-19)9-12-29(13-10-25)24(30)31-16-18-6-7-22-20(14-18)8-11-27-22/h1-8,11,14,21,23,27-28H,9-10,12-13,15-17H2. The first-order valence-electron chi connectivity index (χ1n) is 11.0. The van der Waals surface area contributed by atoms with Gasteiger partial charge in [0.25, 0.3) is 0 Å². The first kappa shape index (κ1) is 20.1. The molecule has 2 heterocycles. The lowest BCUT2D eigenvalue weighted by atomic mass is 9.93. The Hall–Kier alpha value is -2.86. The summed E-state index contributed by atoms with van der Waals surface area (Å²) in [6.45, 7) is 1.35. The molecule has 6 heteroatoms. The van der Waals surface area contributed by atoms with Gasteiger partial charge in [-0.1, -0.05) is 36.4 Å². The Balaban J connectivity index is 1.06. The van der Waals surface area contributed by atoms with Crippen LogP contribution in [-0.2, 0) is 11.3 Å². The van der Waals surface area contributed by atoms with Gasteiger partial charge in [-0.15, -0.1) is 0 Å². The summed E-state index contributed by atoms with van der Waals surface area (Å²) in [6.07, 6.45) is 3.26. The minimum absolute atomic E-state index is 0.224. The molecule has 2 aliphatic rings. The van der Waals surface area contributed by atoms with Gasteiger partial charge in [0.15, 0.2) is 0 Å². The molecule has 3 aromatic rings. The quantitative estimate of drug-likeness (QED) is 0.604. The third-order valence-corrected chi connectivity index (χ3v) is 6.60. The van der Waals surface area contributed by atoms with Crippen LogP contribution in [0.4, 0.5) is 9.18 Å². The zero-order valence-corrected chi connectivity index (χ0v) is 17.5. The molecule has 1 saturated carbocycles. The number of H-pyrrole nitrogens is 1. The van der Waals surface area contributed by atoms with Crippen molar-refractivity contribution in [2.45, 2.75) is 43.5 Å². The summed E-state index contributed by atoms with van der Waals surface area (Å²) < 4.78 is 20.7. The Labute approximate surface area is 181 Å². The van der Waals surface area contributed by atoms with E-state index in [9.17, 15) is 4.79 Å². The zero-order chi connectivity index (χ0) is 21.3. The second-order valence-corrected chi connectivity index (χ2v) is 8.83. The normalized spacial score (nSPS) is 22.4. The summed E-state index contributed by atoms with van der Waals surface area (Å²) in [7, 11) is 0. The largest absolute Gasteiger partial charge is 0.445 e. The number of hydrogen-bond acceptors (Lipinski definition) is 3. The third kappa shape index (κ3) is 4.59. The molecule has 2 fully saturated rings. The molecule has 2 atom stereocenters. The van der Waals surface area contributed by atoms with E-state index >= 15 is 4.39 Å². The summed E-state index contributed by atoms with van der Waals surface area (Å²) in [4.78, 5) is 17.2. The van der Waals surface area contributed by atoms with E-state index < -0.39 is 5.67 Å². The monoisotopic (exact) mass is 421 g/mol. The smallest absolute Gasteiger partial charge is 0.410 e. The number of fused-ring (bicyclic) bond motifs is 1. The molecule has 2 N–H and O–H groups in total. The molecule has 2 aromatic carbocycles. The van der Waals surface area contributed by atoms with Crippen molar-refractivity contribution in [1.82, 2.24) is 15.2 Å². The SMILES string of the molecule is O=C(OCc1ccc2[nH]ccc2c1)N1CCC(F)(CNC2CC2c2ccccc2)CC1. The van der Waals surface area contributed by atoms with Gasteiger partial charge in [0, 0.05) is 56.1 Å². The highest BCUT2D eigenvalue weighted by Gasteiger charge is 2.42. The number of halogens is 1. The summed E-state index contributed by atoms with van der Waals surface area (Å²) >= 11 is 0. The average Bonchev–Trinajstić information content (AvgIpc) is 3.44. The molecule has 0 bridgehead atoms. The van der Waals surface area contributed by atoms with Crippen LogP contribution in [0.1, 0.15) is 36.3 Å². The number of carbonyl (C=O) groups excluding carboxylic acids is 1. The van der Waals surface area contributed by atoms with E-state index in [1.54, 1.807) is 4.90 Å². The van der Waals surface area contributed by atoms with E-state index in [1.165, 1.54) is 5.56 Å². The predicted octanol–water partition coefficient (Wildman–Crippen LogP) is 4.75. The number of aromatic amines is 1. The highest BCUT2D eigenvalue weighted by atomic mass is 19.1. The van der Waals surface area contributed by atoms with E-state index in [2.05, 4.69) is 34.6 Å². The van der Waals surface area contributed by atoms with Crippen LogP contribution in [0.25, 0.3) is 10.9 Å². The van der Waals surface area contributed by atoms with E-state index in [4.69, 9.17) is 4.74 Å². The maximum absolute atomic E-state index is 15.3. The number of piperidine rings is 1. The van der Waals surface area contributed by atoms with Gasteiger partial charge in [-0.3, -0.25) is 0 Å². The minimum atomic E-state index is -1.26. The summed E-state index contributed by atoms with van der Waals surface area (Å²) in [5.74, 6) is 0.491. The van der Waals surface area contributed by atoms with Gasteiger partial charge in [-0.25, -0.2) is 9.18 Å². The number of alkyl halides is 1. The minimum Gasteiger partial charge on any atom is -0.445 e. The molecule has 162 valence electrons. The Kier molecular flexibility index (Phi) is 5.40. The maximum atomic E-state index is 15.3. The van der Waals surface area contributed by atoms with Gasteiger partial charge < -0.3 is 19.9 Å². The van der Waals surface area contributed by atoms with E-state index in [-0.39, 0.29) is 12.7 Å². The first-order chi connectivity index (χ1) is 15.1. The van der Waals surface area contributed by atoms with E-state index in [0.29, 0.717) is 44.4 Å². The Morgan fingerprint density at radius 1 is 1.16 bits per heavy atom. The Morgan fingerprint density at radius 3 is 2.77 bits per heavy atom. The molecular weight excluding hydrogens is 393 g/mol.